The van der Waals surface area contributed by atoms with Gasteiger partial charge in [-0.15, -0.1) is 0 Å². The molecule has 0 fully saturated rings. The molecule has 3 heterocycles. The number of hydrogen-bond donors (Lipinski definition) is 1. The maximum atomic E-state index is 12.1. The van der Waals surface area contributed by atoms with Crippen LogP contribution in [0.3, 0.4) is 0 Å². The largest absolute Gasteiger partial charge is 0.353 e. The molecule has 3 rings (SSSR count). The number of aryl methyl sites for hydroxylation is 3. The predicted octanol–water partition coefficient (Wildman–Crippen LogP) is 1.10. The fourth-order valence-corrected chi connectivity index (χ4v) is 3.54. The molecule has 0 bridgehead atoms. The number of hydrogen-bond acceptors (Lipinski definition) is 4. The number of carbonyl (C=O) groups excluding carboxylic acids is 1. The van der Waals surface area contributed by atoms with Crippen molar-refractivity contribution in [2.45, 2.75) is 44.7 Å². The van der Waals surface area contributed by atoms with E-state index in [1.165, 1.54) is 10.2 Å². The average Bonchev–Trinajstić information content (AvgIpc) is 3.05. The predicted molar refractivity (Wildman–Crippen MR) is 85.0 cm³/mol. The third kappa shape index (κ3) is 3.30. The molecule has 1 N–H and O–H groups in total. The van der Waals surface area contributed by atoms with Gasteiger partial charge in [-0.05, 0) is 41.7 Å². The molecule has 22 heavy (non-hydrogen) atoms. The van der Waals surface area contributed by atoms with Gasteiger partial charge in [-0.25, -0.2) is 9.48 Å². The summed E-state index contributed by atoms with van der Waals surface area (Å²) in [5, 5.41) is 11.4. The Balaban J connectivity index is 1.52. The molecule has 0 saturated carbocycles. The van der Waals surface area contributed by atoms with Crippen LogP contribution in [0.1, 0.15) is 30.7 Å². The van der Waals surface area contributed by atoms with E-state index in [4.69, 9.17) is 0 Å². The van der Waals surface area contributed by atoms with Crippen LogP contribution in [0.15, 0.2) is 21.6 Å². The van der Waals surface area contributed by atoms with Crippen LogP contribution in [0.4, 0.5) is 0 Å². The van der Waals surface area contributed by atoms with Crippen LogP contribution in [0, 0.1) is 0 Å². The van der Waals surface area contributed by atoms with Crippen molar-refractivity contribution >= 4 is 17.2 Å². The van der Waals surface area contributed by atoms with Crippen LogP contribution in [0.25, 0.3) is 0 Å². The summed E-state index contributed by atoms with van der Waals surface area (Å²) in [5.74, 6) is 0.908. The smallest absolute Gasteiger partial charge is 0.345 e. The fraction of sp³-hybridized carbons (Fsp3) is 0.533. The normalized spacial score (nSPS) is 17.8. The Bertz CT molecular complexity index is 702. The Morgan fingerprint density at radius 3 is 3.14 bits per heavy atom. The van der Waals surface area contributed by atoms with Gasteiger partial charge in [0.15, 0.2) is 0 Å². The highest BCUT2D eigenvalue weighted by atomic mass is 32.1. The van der Waals surface area contributed by atoms with E-state index in [2.05, 4.69) is 21.9 Å². The number of amides is 1. The van der Waals surface area contributed by atoms with E-state index in [-0.39, 0.29) is 17.6 Å². The van der Waals surface area contributed by atoms with Gasteiger partial charge in [-0.1, -0.05) is 0 Å². The first-order chi connectivity index (χ1) is 10.6. The van der Waals surface area contributed by atoms with Gasteiger partial charge in [0.05, 0.1) is 0 Å². The van der Waals surface area contributed by atoms with Gasteiger partial charge in [-0.2, -0.15) is 16.4 Å². The molecule has 1 aliphatic rings. The number of nitrogens with one attached hydrogen (secondary N) is 1. The van der Waals surface area contributed by atoms with Gasteiger partial charge in [0.1, 0.15) is 5.82 Å². The quantitative estimate of drug-likeness (QED) is 0.917. The summed E-state index contributed by atoms with van der Waals surface area (Å²) in [6.45, 7) is 0.623. The molecule has 0 aliphatic carbocycles. The third-order valence-corrected chi connectivity index (χ3v) is 4.82. The Hall–Kier alpha value is -1.89. The van der Waals surface area contributed by atoms with E-state index >= 15 is 0 Å². The van der Waals surface area contributed by atoms with E-state index < -0.39 is 0 Å². The van der Waals surface area contributed by atoms with Gasteiger partial charge in [-0.3, -0.25) is 9.36 Å². The Morgan fingerprint density at radius 1 is 1.50 bits per heavy atom. The van der Waals surface area contributed by atoms with Crippen molar-refractivity contribution < 1.29 is 4.79 Å². The van der Waals surface area contributed by atoms with Crippen molar-refractivity contribution in [1.29, 1.82) is 0 Å². The molecule has 118 valence electrons. The zero-order valence-electron chi connectivity index (χ0n) is 12.6. The molecule has 0 aromatic carbocycles. The lowest BCUT2D eigenvalue weighted by Crippen LogP contribution is -2.35. The van der Waals surface area contributed by atoms with Crippen LogP contribution in [-0.4, -0.2) is 26.3 Å². The molecule has 1 aliphatic heterocycles. The SMILES string of the molecule is Cn1nc2n(c1=O)CCC(NC(=O)CCc1ccsc1)CC2. The van der Waals surface area contributed by atoms with E-state index in [1.54, 1.807) is 23.0 Å². The second-order valence-electron chi connectivity index (χ2n) is 5.70. The highest BCUT2D eigenvalue weighted by molar-refractivity contribution is 7.07. The molecule has 7 heteroatoms. The number of thiophene rings is 1. The lowest BCUT2D eigenvalue weighted by atomic mass is 10.1. The number of aromatic nitrogens is 3. The fourth-order valence-electron chi connectivity index (χ4n) is 2.83. The van der Waals surface area contributed by atoms with Crippen LogP contribution in [0.2, 0.25) is 0 Å². The van der Waals surface area contributed by atoms with Gasteiger partial charge in [0.25, 0.3) is 0 Å². The van der Waals surface area contributed by atoms with Crippen molar-refractivity contribution in [3.05, 3.63) is 38.7 Å². The van der Waals surface area contributed by atoms with Crippen LogP contribution in [0.5, 0.6) is 0 Å². The van der Waals surface area contributed by atoms with E-state index in [9.17, 15) is 9.59 Å². The Morgan fingerprint density at radius 2 is 2.36 bits per heavy atom. The molecule has 0 spiro atoms. The zero-order valence-corrected chi connectivity index (χ0v) is 13.4. The summed E-state index contributed by atoms with van der Waals surface area (Å²) in [6, 6.07) is 2.18. The van der Waals surface area contributed by atoms with Crippen LogP contribution < -0.4 is 11.0 Å². The highest BCUT2D eigenvalue weighted by Crippen LogP contribution is 2.13. The van der Waals surface area contributed by atoms with E-state index in [0.717, 1.165) is 31.5 Å². The molecule has 2 aromatic heterocycles. The summed E-state index contributed by atoms with van der Waals surface area (Å²) in [5.41, 5.74) is 1.14. The van der Waals surface area contributed by atoms with Gasteiger partial charge in [0.2, 0.25) is 5.91 Å². The maximum Gasteiger partial charge on any atom is 0.345 e. The molecule has 1 atom stereocenters. The number of fused-ring (bicyclic) bond motifs is 1. The molecule has 1 amide bonds. The van der Waals surface area contributed by atoms with Crippen molar-refractivity contribution in [3.8, 4) is 0 Å². The van der Waals surface area contributed by atoms with Crippen LogP contribution >= 0.6 is 11.3 Å². The van der Waals surface area contributed by atoms with Crippen molar-refractivity contribution in [2.75, 3.05) is 0 Å². The second kappa shape index (κ2) is 6.48. The Labute approximate surface area is 132 Å². The lowest BCUT2D eigenvalue weighted by Gasteiger charge is -2.15. The first-order valence-electron chi connectivity index (χ1n) is 7.56. The summed E-state index contributed by atoms with van der Waals surface area (Å²) in [7, 11) is 1.67. The van der Waals surface area contributed by atoms with Gasteiger partial charge in [0, 0.05) is 32.5 Å². The topological polar surface area (TPSA) is 68.9 Å². The molecular weight excluding hydrogens is 300 g/mol. The minimum atomic E-state index is -0.0700. The number of nitrogens with zero attached hydrogens (tertiary/aromatic N) is 3. The van der Waals surface area contributed by atoms with Crippen molar-refractivity contribution in [1.82, 2.24) is 19.7 Å². The standard InChI is InChI=1S/C15H20N4O2S/c1-18-15(21)19-8-6-12(3-4-13(19)17-18)16-14(20)5-2-11-7-9-22-10-11/h7,9-10,12H,2-6,8H2,1H3,(H,16,20). The van der Waals surface area contributed by atoms with Gasteiger partial charge >= 0.3 is 5.69 Å². The van der Waals surface area contributed by atoms with E-state index in [0.29, 0.717) is 13.0 Å². The minimum absolute atomic E-state index is 0.0700. The molecule has 2 aromatic rings. The number of carbonyl (C=O) groups is 1. The van der Waals surface area contributed by atoms with E-state index in [1.807, 2.05) is 5.38 Å². The van der Waals surface area contributed by atoms with Gasteiger partial charge < -0.3 is 5.32 Å². The molecule has 1 unspecified atom stereocenters. The summed E-state index contributed by atoms with van der Waals surface area (Å²) in [6.07, 6.45) is 3.64. The van der Waals surface area contributed by atoms with Crippen molar-refractivity contribution in [3.63, 3.8) is 0 Å². The van der Waals surface area contributed by atoms with Crippen LogP contribution in [-0.2, 0) is 31.2 Å². The monoisotopic (exact) mass is 320 g/mol. The minimum Gasteiger partial charge on any atom is -0.353 e. The highest BCUT2D eigenvalue weighted by Gasteiger charge is 2.21. The third-order valence-electron chi connectivity index (χ3n) is 4.09. The second-order valence-corrected chi connectivity index (χ2v) is 6.48. The first-order valence-corrected chi connectivity index (χ1v) is 8.51. The molecule has 6 nitrogen and oxygen atoms in total. The zero-order chi connectivity index (χ0) is 15.5. The summed E-state index contributed by atoms with van der Waals surface area (Å²) >= 11 is 1.65. The molecule has 0 saturated heterocycles. The summed E-state index contributed by atoms with van der Waals surface area (Å²) < 4.78 is 3.10. The number of rotatable bonds is 4. The van der Waals surface area contributed by atoms with Crippen molar-refractivity contribution in [2.24, 2.45) is 7.05 Å². The lowest BCUT2D eigenvalue weighted by molar-refractivity contribution is -0.121. The Kier molecular flexibility index (Phi) is 4.42. The maximum absolute atomic E-state index is 12.1. The molecule has 0 radical (unpaired) electrons. The summed E-state index contributed by atoms with van der Waals surface area (Å²) in [4.78, 5) is 24.0. The average molecular weight is 320 g/mol. The first kappa shape index (κ1) is 15.0. The molecular formula is C15H20N4O2S.